The molecule has 0 aliphatic rings. The summed E-state index contributed by atoms with van der Waals surface area (Å²) in [6.45, 7) is 4.58. The van der Waals surface area contributed by atoms with Crippen LogP contribution in [0.1, 0.15) is 136 Å². The van der Waals surface area contributed by atoms with Crippen LogP contribution in [-0.4, -0.2) is 0 Å². The van der Waals surface area contributed by atoms with Crippen LogP contribution in [0.25, 0.3) is 0 Å². The van der Waals surface area contributed by atoms with Crippen molar-refractivity contribution in [3.8, 4) is 0 Å². The van der Waals surface area contributed by atoms with Crippen molar-refractivity contribution in [3.63, 3.8) is 0 Å². The molecule has 0 heteroatoms. The third-order valence-electron chi connectivity index (χ3n) is 4.87. The molecule has 0 aromatic carbocycles. The van der Waals surface area contributed by atoms with Crippen molar-refractivity contribution in [3.05, 3.63) is 12.2 Å². The minimum absolute atomic E-state index is 1.30. The highest BCUT2D eigenvalue weighted by Gasteiger charge is 1.93. The normalized spacial score (nSPS) is 11.6. The lowest BCUT2D eigenvalue weighted by molar-refractivity contribution is 0.540. The first kappa shape index (κ1) is 22.7. The Morgan fingerprint density at radius 3 is 0.957 bits per heavy atom. The molecule has 0 bridgehead atoms. The van der Waals surface area contributed by atoms with Crippen molar-refractivity contribution in [2.75, 3.05) is 0 Å². The predicted octanol–water partition coefficient (Wildman–Crippen LogP) is 8.99. The SMILES string of the molecule is CCCCCCC=CCCCCCCCCCCCCCCC. The van der Waals surface area contributed by atoms with Gasteiger partial charge in [-0.3, -0.25) is 0 Å². The topological polar surface area (TPSA) is 0 Å². The monoisotopic (exact) mass is 322 g/mol. The van der Waals surface area contributed by atoms with Crippen LogP contribution in [0.4, 0.5) is 0 Å². The number of hydrogen-bond donors (Lipinski definition) is 0. The molecule has 0 rings (SSSR count). The van der Waals surface area contributed by atoms with Gasteiger partial charge in [0.1, 0.15) is 0 Å². The van der Waals surface area contributed by atoms with Gasteiger partial charge in [0.25, 0.3) is 0 Å². The minimum atomic E-state index is 1.30. The number of rotatable bonds is 19. The third-order valence-corrected chi connectivity index (χ3v) is 4.87. The maximum atomic E-state index is 2.42. The maximum Gasteiger partial charge on any atom is -0.0351 e. The van der Waals surface area contributed by atoms with Gasteiger partial charge >= 0.3 is 0 Å². The van der Waals surface area contributed by atoms with E-state index in [2.05, 4.69) is 26.0 Å². The molecule has 23 heavy (non-hydrogen) atoms. The second-order valence-electron chi connectivity index (χ2n) is 7.35. The summed E-state index contributed by atoms with van der Waals surface area (Å²) in [7, 11) is 0. The van der Waals surface area contributed by atoms with Crippen LogP contribution in [0.5, 0.6) is 0 Å². The molecule has 0 saturated carbocycles. The molecule has 0 aliphatic carbocycles. The Kier molecular flexibility index (Phi) is 21.5. The molecule has 0 heterocycles. The average Bonchev–Trinajstić information content (AvgIpc) is 2.57. The zero-order chi connectivity index (χ0) is 16.8. The van der Waals surface area contributed by atoms with Crippen molar-refractivity contribution in [2.24, 2.45) is 0 Å². The molecule has 0 radical (unpaired) electrons. The summed E-state index contributed by atoms with van der Waals surface area (Å²) in [4.78, 5) is 0. The van der Waals surface area contributed by atoms with E-state index in [1.807, 2.05) is 0 Å². The van der Waals surface area contributed by atoms with Crippen LogP contribution < -0.4 is 0 Å². The Bertz CT molecular complexity index is 216. The molecular formula is C23H46. The smallest absolute Gasteiger partial charge is 0.0351 e. The van der Waals surface area contributed by atoms with Gasteiger partial charge in [-0.05, 0) is 25.7 Å². The van der Waals surface area contributed by atoms with E-state index in [1.165, 1.54) is 122 Å². The molecular weight excluding hydrogens is 276 g/mol. The Morgan fingerprint density at radius 2 is 0.609 bits per heavy atom. The number of hydrogen-bond acceptors (Lipinski definition) is 0. The first-order valence-electron chi connectivity index (χ1n) is 11.1. The molecule has 0 aromatic rings. The first-order chi connectivity index (χ1) is 11.4. The van der Waals surface area contributed by atoms with Gasteiger partial charge in [0, 0.05) is 0 Å². The van der Waals surface area contributed by atoms with E-state index in [0.29, 0.717) is 0 Å². The molecule has 0 aliphatic heterocycles. The van der Waals surface area contributed by atoms with Gasteiger partial charge in [-0.15, -0.1) is 0 Å². The minimum Gasteiger partial charge on any atom is -0.0885 e. The van der Waals surface area contributed by atoms with Gasteiger partial charge < -0.3 is 0 Å². The lowest BCUT2D eigenvalue weighted by Crippen LogP contribution is -1.82. The van der Waals surface area contributed by atoms with Crippen LogP contribution in [0.3, 0.4) is 0 Å². The molecule has 0 amide bonds. The van der Waals surface area contributed by atoms with Gasteiger partial charge in [-0.25, -0.2) is 0 Å². The lowest BCUT2D eigenvalue weighted by Gasteiger charge is -2.02. The van der Waals surface area contributed by atoms with E-state index in [0.717, 1.165) is 0 Å². The van der Waals surface area contributed by atoms with Crippen LogP contribution in [0, 0.1) is 0 Å². The van der Waals surface area contributed by atoms with Crippen molar-refractivity contribution in [2.45, 2.75) is 136 Å². The van der Waals surface area contributed by atoms with E-state index >= 15 is 0 Å². The molecule has 0 nitrogen and oxygen atoms in total. The zero-order valence-electron chi connectivity index (χ0n) is 16.6. The van der Waals surface area contributed by atoms with Gasteiger partial charge in [0.15, 0.2) is 0 Å². The van der Waals surface area contributed by atoms with Gasteiger partial charge in [0.05, 0.1) is 0 Å². The van der Waals surface area contributed by atoms with Crippen LogP contribution in [-0.2, 0) is 0 Å². The third kappa shape index (κ3) is 21.7. The second-order valence-corrected chi connectivity index (χ2v) is 7.35. The number of unbranched alkanes of at least 4 members (excludes halogenated alkanes) is 17. The van der Waals surface area contributed by atoms with Crippen molar-refractivity contribution in [1.29, 1.82) is 0 Å². The highest BCUT2D eigenvalue weighted by Crippen LogP contribution is 2.13. The number of allylic oxidation sites excluding steroid dienone is 2. The molecule has 138 valence electrons. The summed E-state index contributed by atoms with van der Waals surface area (Å²) >= 11 is 0. The van der Waals surface area contributed by atoms with Crippen molar-refractivity contribution in [1.82, 2.24) is 0 Å². The lowest BCUT2D eigenvalue weighted by atomic mass is 10.0. The van der Waals surface area contributed by atoms with Crippen LogP contribution >= 0.6 is 0 Å². The fourth-order valence-corrected chi connectivity index (χ4v) is 3.20. The van der Waals surface area contributed by atoms with E-state index in [4.69, 9.17) is 0 Å². The summed E-state index contributed by atoms with van der Waals surface area (Å²) in [5, 5.41) is 0. The second kappa shape index (κ2) is 21.7. The van der Waals surface area contributed by atoms with Crippen molar-refractivity contribution >= 4 is 0 Å². The fourth-order valence-electron chi connectivity index (χ4n) is 3.20. The Balaban J connectivity index is 3.01. The molecule has 0 N–H and O–H groups in total. The zero-order valence-corrected chi connectivity index (χ0v) is 16.6. The van der Waals surface area contributed by atoms with Gasteiger partial charge in [0.2, 0.25) is 0 Å². The highest BCUT2D eigenvalue weighted by molar-refractivity contribution is 4.81. The summed E-state index contributed by atoms with van der Waals surface area (Å²) in [6.07, 6.45) is 31.9. The van der Waals surface area contributed by atoms with Gasteiger partial charge in [-0.1, -0.05) is 122 Å². The Hall–Kier alpha value is -0.260. The summed E-state index contributed by atoms with van der Waals surface area (Å²) in [5.74, 6) is 0. The largest absolute Gasteiger partial charge is 0.0885 e. The predicted molar refractivity (Wildman–Crippen MR) is 108 cm³/mol. The Labute approximate surface area is 148 Å². The average molecular weight is 323 g/mol. The quantitative estimate of drug-likeness (QED) is 0.164. The summed E-state index contributed by atoms with van der Waals surface area (Å²) in [5.41, 5.74) is 0. The van der Waals surface area contributed by atoms with E-state index in [-0.39, 0.29) is 0 Å². The first-order valence-corrected chi connectivity index (χ1v) is 11.1. The maximum absolute atomic E-state index is 2.42. The molecule has 0 spiro atoms. The van der Waals surface area contributed by atoms with Crippen LogP contribution in [0.2, 0.25) is 0 Å². The van der Waals surface area contributed by atoms with Gasteiger partial charge in [-0.2, -0.15) is 0 Å². The van der Waals surface area contributed by atoms with E-state index in [1.54, 1.807) is 0 Å². The molecule has 0 saturated heterocycles. The standard InChI is InChI=1S/C23H46/c1-3-5-7-9-11-13-15-17-19-21-23-22-20-18-16-14-12-10-8-6-4-2/h13,15H,3-12,14,16-23H2,1-2H3. The Morgan fingerprint density at radius 1 is 0.348 bits per heavy atom. The van der Waals surface area contributed by atoms with E-state index in [9.17, 15) is 0 Å². The molecule has 0 aromatic heterocycles. The molecule has 0 unspecified atom stereocenters. The molecule has 0 atom stereocenters. The summed E-state index contributed by atoms with van der Waals surface area (Å²) < 4.78 is 0. The fraction of sp³-hybridized carbons (Fsp3) is 0.913. The van der Waals surface area contributed by atoms with E-state index < -0.39 is 0 Å². The van der Waals surface area contributed by atoms with Crippen molar-refractivity contribution < 1.29 is 0 Å². The highest BCUT2D eigenvalue weighted by atomic mass is 14.0. The molecule has 0 fully saturated rings. The summed E-state index contributed by atoms with van der Waals surface area (Å²) in [6, 6.07) is 0. The van der Waals surface area contributed by atoms with Crippen LogP contribution in [0.15, 0.2) is 12.2 Å².